The van der Waals surface area contributed by atoms with Crippen molar-refractivity contribution in [1.82, 2.24) is 0 Å². The molecule has 0 saturated heterocycles. The highest BCUT2D eigenvalue weighted by Gasteiger charge is 2.06. The molecule has 78 valence electrons. The molecule has 0 spiro atoms. The molecule has 0 bridgehead atoms. The van der Waals surface area contributed by atoms with Gasteiger partial charge in [0.1, 0.15) is 0 Å². The Balaban J connectivity index is 2.87. The van der Waals surface area contributed by atoms with E-state index in [2.05, 4.69) is 27.8 Å². The summed E-state index contributed by atoms with van der Waals surface area (Å²) in [6.45, 7) is 3.40. The molecule has 0 fully saturated rings. The molecule has 5 heteroatoms. The molecular formula is C10H8BrNO3. The van der Waals surface area contributed by atoms with Gasteiger partial charge >= 0.3 is 5.97 Å². The van der Waals surface area contributed by atoms with Gasteiger partial charge in [0.25, 0.3) is 5.91 Å². The van der Waals surface area contributed by atoms with Crippen molar-refractivity contribution in [3.8, 4) is 0 Å². The summed E-state index contributed by atoms with van der Waals surface area (Å²) in [6, 6.07) is 5.97. The summed E-state index contributed by atoms with van der Waals surface area (Å²) < 4.78 is 0.184. The fourth-order valence-corrected chi connectivity index (χ4v) is 1.03. The molecule has 15 heavy (non-hydrogen) atoms. The van der Waals surface area contributed by atoms with Crippen LogP contribution in [0.4, 0.5) is 5.69 Å². The van der Waals surface area contributed by atoms with Crippen molar-refractivity contribution in [3.63, 3.8) is 0 Å². The number of carbonyl (C=O) groups is 2. The number of aromatic carboxylic acids is 1. The molecule has 0 aromatic heterocycles. The highest BCUT2D eigenvalue weighted by molar-refractivity contribution is 9.12. The Morgan fingerprint density at radius 2 is 2.07 bits per heavy atom. The summed E-state index contributed by atoms with van der Waals surface area (Å²) in [7, 11) is 0. The van der Waals surface area contributed by atoms with Gasteiger partial charge in [-0.3, -0.25) is 4.79 Å². The minimum absolute atomic E-state index is 0.119. The largest absolute Gasteiger partial charge is 0.478 e. The van der Waals surface area contributed by atoms with Gasteiger partial charge in [-0.2, -0.15) is 0 Å². The highest BCUT2D eigenvalue weighted by atomic mass is 79.9. The molecule has 0 aliphatic carbocycles. The summed E-state index contributed by atoms with van der Waals surface area (Å²) >= 11 is 2.92. The van der Waals surface area contributed by atoms with Crippen molar-refractivity contribution in [2.75, 3.05) is 5.32 Å². The number of amides is 1. The molecule has 0 radical (unpaired) electrons. The van der Waals surface area contributed by atoms with Crippen LogP contribution in [0.15, 0.2) is 35.3 Å². The first-order valence-corrected chi connectivity index (χ1v) is 4.79. The Hall–Kier alpha value is -1.62. The molecule has 0 aliphatic heterocycles. The van der Waals surface area contributed by atoms with Crippen LogP contribution < -0.4 is 5.32 Å². The topological polar surface area (TPSA) is 66.4 Å². The van der Waals surface area contributed by atoms with Crippen molar-refractivity contribution >= 4 is 33.5 Å². The van der Waals surface area contributed by atoms with Gasteiger partial charge in [0.2, 0.25) is 0 Å². The molecule has 4 nitrogen and oxygen atoms in total. The van der Waals surface area contributed by atoms with Crippen LogP contribution in [0.1, 0.15) is 10.4 Å². The maximum absolute atomic E-state index is 11.2. The zero-order valence-electron chi connectivity index (χ0n) is 7.66. The summed E-state index contributed by atoms with van der Waals surface area (Å²) in [5.41, 5.74) is 0.536. The Morgan fingerprint density at radius 3 is 2.60 bits per heavy atom. The molecule has 1 amide bonds. The first-order valence-electron chi connectivity index (χ1n) is 4.00. The van der Waals surface area contributed by atoms with E-state index in [0.717, 1.165) is 0 Å². The first kappa shape index (κ1) is 11.5. The lowest BCUT2D eigenvalue weighted by Crippen LogP contribution is -2.11. The van der Waals surface area contributed by atoms with Crippen LogP contribution in [0.3, 0.4) is 0 Å². The average molecular weight is 270 g/mol. The standard InChI is InChI=1S/C10H8BrNO3/c1-6(11)9(13)12-8-4-2-3-7(5-8)10(14)15/h2-5H,1H2,(H,12,13)(H,14,15). The number of halogens is 1. The molecule has 2 N–H and O–H groups in total. The molecule has 0 aliphatic rings. The maximum atomic E-state index is 11.2. The monoisotopic (exact) mass is 269 g/mol. The number of carbonyl (C=O) groups excluding carboxylic acids is 1. The van der Waals surface area contributed by atoms with E-state index in [1.165, 1.54) is 12.1 Å². The molecule has 1 aromatic rings. The van der Waals surface area contributed by atoms with E-state index >= 15 is 0 Å². The summed E-state index contributed by atoms with van der Waals surface area (Å²) in [6.07, 6.45) is 0. The van der Waals surface area contributed by atoms with Crippen molar-refractivity contribution < 1.29 is 14.7 Å². The number of benzene rings is 1. The van der Waals surface area contributed by atoms with E-state index in [4.69, 9.17) is 5.11 Å². The highest BCUT2D eigenvalue weighted by Crippen LogP contribution is 2.12. The molecule has 0 unspecified atom stereocenters. The quantitative estimate of drug-likeness (QED) is 0.827. The van der Waals surface area contributed by atoms with Crippen molar-refractivity contribution in [3.05, 3.63) is 40.9 Å². The number of rotatable bonds is 3. The SMILES string of the molecule is C=C(Br)C(=O)Nc1cccc(C(=O)O)c1. The number of hydrogen-bond donors (Lipinski definition) is 2. The van der Waals surface area contributed by atoms with E-state index in [9.17, 15) is 9.59 Å². The molecular weight excluding hydrogens is 262 g/mol. The van der Waals surface area contributed by atoms with Crippen LogP contribution in [0.2, 0.25) is 0 Å². The lowest BCUT2D eigenvalue weighted by molar-refractivity contribution is -0.112. The predicted octanol–water partition coefficient (Wildman–Crippen LogP) is 2.23. The van der Waals surface area contributed by atoms with Crippen LogP contribution in [0.5, 0.6) is 0 Å². The van der Waals surface area contributed by atoms with Gasteiger partial charge in [0, 0.05) is 5.69 Å². The lowest BCUT2D eigenvalue weighted by Gasteiger charge is -2.04. The van der Waals surface area contributed by atoms with Gasteiger partial charge in [-0.05, 0) is 34.1 Å². The molecule has 0 atom stereocenters. The number of nitrogens with one attached hydrogen (secondary N) is 1. The summed E-state index contributed by atoms with van der Waals surface area (Å²) in [5, 5.41) is 11.2. The summed E-state index contributed by atoms with van der Waals surface area (Å²) in [4.78, 5) is 21.8. The second-order valence-corrected chi connectivity index (χ2v) is 3.70. The van der Waals surface area contributed by atoms with Gasteiger partial charge < -0.3 is 10.4 Å². The predicted molar refractivity (Wildman–Crippen MR) is 60.1 cm³/mol. The smallest absolute Gasteiger partial charge is 0.335 e. The zero-order valence-corrected chi connectivity index (χ0v) is 9.24. The third-order valence-corrected chi connectivity index (χ3v) is 1.97. The fourth-order valence-electron chi connectivity index (χ4n) is 0.929. The molecule has 0 saturated carbocycles. The van der Waals surface area contributed by atoms with Crippen molar-refractivity contribution in [1.29, 1.82) is 0 Å². The molecule has 1 rings (SSSR count). The first-order chi connectivity index (χ1) is 7.00. The van der Waals surface area contributed by atoms with E-state index in [1.807, 2.05) is 0 Å². The minimum Gasteiger partial charge on any atom is -0.478 e. The fraction of sp³-hybridized carbons (Fsp3) is 0. The Morgan fingerprint density at radius 1 is 1.40 bits per heavy atom. The van der Waals surface area contributed by atoms with Crippen LogP contribution in [-0.2, 0) is 4.79 Å². The number of hydrogen-bond acceptors (Lipinski definition) is 2. The van der Waals surface area contributed by atoms with Gasteiger partial charge in [-0.1, -0.05) is 12.6 Å². The van der Waals surface area contributed by atoms with Gasteiger partial charge in [0.05, 0.1) is 10.0 Å². The van der Waals surface area contributed by atoms with Crippen LogP contribution in [0.25, 0.3) is 0 Å². The number of carboxylic acid groups (broad SMARTS) is 1. The van der Waals surface area contributed by atoms with Gasteiger partial charge in [-0.15, -0.1) is 0 Å². The van der Waals surface area contributed by atoms with Crippen LogP contribution in [-0.4, -0.2) is 17.0 Å². The normalized spacial score (nSPS) is 9.40. The van der Waals surface area contributed by atoms with Gasteiger partial charge in [0.15, 0.2) is 0 Å². The Bertz CT molecular complexity index is 428. The maximum Gasteiger partial charge on any atom is 0.335 e. The molecule has 1 aromatic carbocycles. The van der Waals surface area contributed by atoms with Crippen LogP contribution in [0, 0.1) is 0 Å². The third-order valence-electron chi connectivity index (χ3n) is 1.61. The second kappa shape index (κ2) is 4.75. The summed E-state index contributed by atoms with van der Waals surface area (Å²) in [5.74, 6) is -1.44. The van der Waals surface area contributed by atoms with Crippen LogP contribution >= 0.6 is 15.9 Å². The van der Waals surface area contributed by atoms with E-state index < -0.39 is 11.9 Å². The van der Waals surface area contributed by atoms with Crippen molar-refractivity contribution in [2.45, 2.75) is 0 Å². The number of anilines is 1. The van der Waals surface area contributed by atoms with Crippen molar-refractivity contribution in [2.24, 2.45) is 0 Å². The Labute approximate surface area is 94.7 Å². The number of carboxylic acids is 1. The average Bonchev–Trinajstić information content (AvgIpc) is 2.18. The Kier molecular flexibility index (Phi) is 3.62. The lowest BCUT2D eigenvalue weighted by atomic mass is 10.2. The van der Waals surface area contributed by atoms with E-state index in [-0.39, 0.29) is 10.0 Å². The van der Waals surface area contributed by atoms with Gasteiger partial charge in [-0.25, -0.2) is 4.79 Å². The second-order valence-electron chi connectivity index (χ2n) is 2.74. The molecule has 0 heterocycles. The minimum atomic E-state index is -1.04. The van der Waals surface area contributed by atoms with E-state index in [1.54, 1.807) is 12.1 Å². The van der Waals surface area contributed by atoms with E-state index in [0.29, 0.717) is 5.69 Å². The zero-order chi connectivity index (χ0) is 11.4. The third kappa shape index (κ3) is 3.21.